The first-order valence-corrected chi connectivity index (χ1v) is 9.74. The molecule has 6 heteroatoms. The topological polar surface area (TPSA) is 69.6 Å². The van der Waals surface area contributed by atoms with Crippen molar-refractivity contribution in [3.8, 4) is 0 Å². The van der Waals surface area contributed by atoms with E-state index in [-0.39, 0.29) is 17.4 Å². The Morgan fingerprint density at radius 1 is 1.28 bits per heavy atom. The van der Waals surface area contributed by atoms with Gasteiger partial charge in [0.1, 0.15) is 0 Å². The van der Waals surface area contributed by atoms with Crippen LogP contribution in [0, 0.1) is 10.8 Å². The zero-order chi connectivity index (χ0) is 18.8. The lowest BCUT2D eigenvalue weighted by molar-refractivity contribution is -0.129. The van der Waals surface area contributed by atoms with Crippen LogP contribution in [0.25, 0.3) is 0 Å². The van der Waals surface area contributed by atoms with Crippen molar-refractivity contribution in [2.24, 2.45) is 10.8 Å². The molecule has 25 heavy (non-hydrogen) atoms. The zero-order valence-electron chi connectivity index (χ0n) is 15.6. The lowest BCUT2D eigenvalue weighted by Crippen LogP contribution is -2.56. The number of piperidine rings is 1. The van der Waals surface area contributed by atoms with Gasteiger partial charge in [0.05, 0.1) is 5.41 Å². The standard InChI is InChI=1S/C19H28N2O3S/c1-18(2,3)15-12-19(4,10-11-21(15)17(23)24)16(22)20-13-6-8-14(25-5)9-7-13/h6-9,15H,10-12H2,1-5H3,(H,20,22)(H,23,24). The molecule has 5 nitrogen and oxygen atoms in total. The molecule has 2 amide bonds. The largest absolute Gasteiger partial charge is 0.465 e. The monoisotopic (exact) mass is 364 g/mol. The Morgan fingerprint density at radius 2 is 1.88 bits per heavy atom. The normalized spacial score (nSPS) is 24.0. The van der Waals surface area contributed by atoms with Gasteiger partial charge < -0.3 is 15.3 Å². The van der Waals surface area contributed by atoms with E-state index >= 15 is 0 Å². The fourth-order valence-corrected chi connectivity index (χ4v) is 3.74. The maximum atomic E-state index is 12.9. The summed E-state index contributed by atoms with van der Waals surface area (Å²) in [5, 5.41) is 12.5. The van der Waals surface area contributed by atoms with E-state index in [2.05, 4.69) is 5.32 Å². The van der Waals surface area contributed by atoms with Crippen molar-refractivity contribution < 1.29 is 14.7 Å². The predicted octanol–water partition coefficient (Wildman–Crippen LogP) is 4.54. The van der Waals surface area contributed by atoms with E-state index in [4.69, 9.17) is 0 Å². The van der Waals surface area contributed by atoms with Gasteiger partial charge in [0.2, 0.25) is 5.91 Å². The van der Waals surface area contributed by atoms with Crippen LogP contribution in [0.1, 0.15) is 40.5 Å². The number of rotatable bonds is 3. The first-order valence-electron chi connectivity index (χ1n) is 8.52. The van der Waals surface area contributed by atoms with E-state index < -0.39 is 11.5 Å². The number of carbonyl (C=O) groups excluding carboxylic acids is 1. The molecule has 0 bridgehead atoms. The Hall–Kier alpha value is -1.69. The van der Waals surface area contributed by atoms with Gasteiger partial charge in [-0.1, -0.05) is 27.7 Å². The van der Waals surface area contributed by atoms with Crippen molar-refractivity contribution in [1.29, 1.82) is 0 Å². The van der Waals surface area contributed by atoms with Gasteiger partial charge in [-0.15, -0.1) is 11.8 Å². The van der Waals surface area contributed by atoms with Gasteiger partial charge in [-0.2, -0.15) is 0 Å². The molecular formula is C19H28N2O3S. The number of hydrogen-bond donors (Lipinski definition) is 2. The lowest BCUT2D eigenvalue weighted by Gasteiger charge is -2.48. The van der Waals surface area contributed by atoms with Crippen molar-refractivity contribution in [1.82, 2.24) is 4.90 Å². The third kappa shape index (κ3) is 4.48. The fourth-order valence-electron chi connectivity index (χ4n) is 3.33. The third-order valence-electron chi connectivity index (χ3n) is 5.07. The molecule has 2 rings (SSSR count). The molecule has 0 aromatic heterocycles. The minimum Gasteiger partial charge on any atom is -0.465 e. The van der Waals surface area contributed by atoms with E-state index in [9.17, 15) is 14.7 Å². The maximum absolute atomic E-state index is 12.9. The van der Waals surface area contributed by atoms with E-state index in [1.54, 1.807) is 11.8 Å². The average molecular weight is 365 g/mol. The lowest BCUT2D eigenvalue weighted by atomic mass is 9.69. The number of benzene rings is 1. The van der Waals surface area contributed by atoms with Crippen molar-refractivity contribution in [2.75, 3.05) is 18.1 Å². The molecular weight excluding hydrogens is 336 g/mol. The highest BCUT2D eigenvalue weighted by molar-refractivity contribution is 7.98. The number of likely N-dealkylation sites (tertiary alicyclic amines) is 1. The molecule has 1 aromatic rings. The van der Waals surface area contributed by atoms with E-state index in [1.807, 2.05) is 58.2 Å². The van der Waals surface area contributed by atoms with Gasteiger partial charge in [-0.25, -0.2) is 4.79 Å². The van der Waals surface area contributed by atoms with Gasteiger partial charge in [-0.05, 0) is 48.8 Å². The Kier molecular flexibility index (Phi) is 5.72. The van der Waals surface area contributed by atoms with Crippen LogP contribution in [0.3, 0.4) is 0 Å². The fraction of sp³-hybridized carbons (Fsp3) is 0.579. The van der Waals surface area contributed by atoms with Crippen molar-refractivity contribution in [3.63, 3.8) is 0 Å². The second kappa shape index (κ2) is 7.28. The third-order valence-corrected chi connectivity index (χ3v) is 5.81. The van der Waals surface area contributed by atoms with Gasteiger partial charge in [-0.3, -0.25) is 4.79 Å². The van der Waals surface area contributed by atoms with Gasteiger partial charge in [0, 0.05) is 23.2 Å². The van der Waals surface area contributed by atoms with Gasteiger partial charge in [0.15, 0.2) is 0 Å². The number of amides is 2. The number of hydrogen-bond acceptors (Lipinski definition) is 3. The highest BCUT2D eigenvalue weighted by Crippen LogP contribution is 2.42. The molecule has 2 atom stereocenters. The van der Waals surface area contributed by atoms with Crippen LogP contribution < -0.4 is 5.32 Å². The number of nitrogens with zero attached hydrogens (tertiary/aromatic N) is 1. The van der Waals surface area contributed by atoms with E-state index in [1.165, 1.54) is 4.90 Å². The maximum Gasteiger partial charge on any atom is 0.407 e. The van der Waals surface area contributed by atoms with Crippen LogP contribution in [0.5, 0.6) is 0 Å². The number of anilines is 1. The molecule has 1 aliphatic rings. The molecule has 1 fully saturated rings. The molecule has 0 spiro atoms. The Labute approximate surface area is 154 Å². The number of thioether (sulfide) groups is 1. The zero-order valence-corrected chi connectivity index (χ0v) is 16.4. The summed E-state index contributed by atoms with van der Waals surface area (Å²) in [5.74, 6) is -0.0382. The van der Waals surface area contributed by atoms with Crippen molar-refractivity contribution in [3.05, 3.63) is 24.3 Å². The van der Waals surface area contributed by atoms with Gasteiger partial charge in [0.25, 0.3) is 0 Å². The first kappa shape index (κ1) is 19.6. The molecule has 1 aromatic carbocycles. The summed E-state index contributed by atoms with van der Waals surface area (Å²) < 4.78 is 0. The molecule has 0 saturated carbocycles. The number of nitrogens with one attached hydrogen (secondary N) is 1. The second-order valence-corrected chi connectivity index (χ2v) is 8.93. The quantitative estimate of drug-likeness (QED) is 0.773. The Balaban J connectivity index is 2.16. The van der Waals surface area contributed by atoms with Crippen molar-refractivity contribution >= 4 is 29.4 Å². The smallest absolute Gasteiger partial charge is 0.407 e. The molecule has 1 heterocycles. The molecule has 1 saturated heterocycles. The Morgan fingerprint density at radius 3 is 2.36 bits per heavy atom. The van der Waals surface area contributed by atoms with Crippen molar-refractivity contribution in [2.45, 2.75) is 51.5 Å². The molecule has 0 aliphatic carbocycles. The molecule has 138 valence electrons. The summed E-state index contributed by atoms with van der Waals surface area (Å²) in [7, 11) is 0. The highest BCUT2D eigenvalue weighted by Gasteiger charge is 2.47. The summed E-state index contributed by atoms with van der Waals surface area (Å²) in [6.07, 6.45) is 2.16. The highest BCUT2D eigenvalue weighted by atomic mass is 32.2. The van der Waals surface area contributed by atoms with Crippen LogP contribution >= 0.6 is 11.8 Å². The summed E-state index contributed by atoms with van der Waals surface area (Å²) in [5.41, 5.74) is -0.0282. The summed E-state index contributed by atoms with van der Waals surface area (Å²) in [4.78, 5) is 27.1. The van der Waals surface area contributed by atoms with E-state index in [0.29, 0.717) is 19.4 Å². The summed E-state index contributed by atoms with van der Waals surface area (Å²) in [6, 6.07) is 7.58. The summed E-state index contributed by atoms with van der Waals surface area (Å²) >= 11 is 1.66. The Bertz CT molecular complexity index is 639. The molecule has 2 unspecified atom stereocenters. The van der Waals surface area contributed by atoms with Crippen LogP contribution in [0.4, 0.5) is 10.5 Å². The minimum atomic E-state index is -0.907. The molecule has 1 aliphatic heterocycles. The van der Waals surface area contributed by atoms with Gasteiger partial charge >= 0.3 is 6.09 Å². The molecule has 2 N–H and O–H groups in total. The number of carboxylic acid groups (broad SMARTS) is 1. The second-order valence-electron chi connectivity index (χ2n) is 8.06. The van der Waals surface area contributed by atoms with E-state index in [0.717, 1.165) is 10.6 Å². The van der Waals surface area contributed by atoms with Crippen LogP contribution in [0.2, 0.25) is 0 Å². The van der Waals surface area contributed by atoms with Crippen LogP contribution in [-0.4, -0.2) is 40.8 Å². The van der Waals surface area contributed by atoms with Crippen LogP contribution in [-0.2, 0) is 4.79 Å². The SMILES string of the molecule is CSc1ccc(NC(=O)C2(C)CCN(C(=O)O)C(C(C)(C)C)C2)cc1. The first-order chi connectivity index (χ1) is 11.6. The predicted molar refractivity (Wildman–Crippen MR) is 102 cm³/mol. The number of carbonyl (C=O) groups is 2. The van der Waals surface area contributed by atoms with Crippen LogP contribution in [0.15, 0.2) is 29.2 Å². The minimum absolute atomic E-state index is 0.0382. The average Bonchev–Trinajstić information content (AvgIpc) is 2.54. The summed E-state index contributed by atoms with van der Waals surface area (Å²) in [6.45, 7) is 8.40. The molecule has 0 radical (unpaired) electrons.